The minimum Gasteiger partial charge on any atom is -0.322 e. The lowest BCUT2D eigenvalue weighted by Gasteiger charge is -2.09. The zero-order valence-corrected chi connectivity index (χ0v) is 21.6. The van der Waals surface area contributed by atoms with Crippen LogP contribution in [0.3, 0.4) is 0 Å². The van der Waals surface area contributed by atoms with Crippen LogP contribution < -0.4 is 10.7 Å². The Bertz CT molecular complexity index is 976. The van der Waals surface area contributed by atoms with Gasteiger partial charge in [0.15, 0.2) is 0 Å². The summed E-state index contributed by atoms with van der Waals surface area (Å²) in [5.41, 5.74) is 5.02. The molecule has 2 amide bonds. The Labute approximate surface area is 213 Å². The molecule has 0 aliphatic heterocycles. The normalized spacial score (nSPS) is 11.4. The van der Waals surface area contributed by atoms with E-state index in [0.29, 0.717) is 28.4 Å². The Morgan fingerprint density at radius 2 is 1.56 bits per heavy atom. The number of anilines is 1. The number of carbonyl (C=O) groups excluding carboxylic acids is 2. The smallest absolute Gasteiger partial charge is 0.257 e. The number of hydrogen-bond acceptors (Lipinski definition) is 3. The first-order chi connectivity index (χ1) is 16.4. The third-order valence-electron chi connectivity index (χ3n) is 5.57. The van der Waals surface area contributed by atoms with Crippen LogP contribution in [0.2, 0.25) is 10.0 Å². The van der Waals surface area contributed by atoms with Crippen LogP contribution in [0.5, 0.6) is 0 Å². The van der Waals surface area contributed by atoms with E-state index in [9.17, 15) is 9.59 Å². The number of nitrogens with one attached hydrogen (secondary N) is 2. The van der Waals surface area contributed by atoms with Crippen LogP contribution in [0.1, 0.15) is 94.0 Å². The predicted octanol–water partition coefficient (Wildman–Crippen LogP) is 8.01. The van der Waals surface area contributed by atoms with E-state index in [1.165, 1.54) is 51.0 Å². The molecule has 0 heterocycles. The molecule has 2 aromatic carbocycles. The Morgan fingerprint density at radius 3 is 2.24 bits per heavy atom. The first-order valence-corrected chi connectivity index (χ1v) is 12.9. The van der Waals surface area contributed by atoms with E-state index >= 15 is 0 Å². The minimum absolute atomic E-state index is 0.0795. The summed E-state index contributed by atoms with van der Waals surface area (Å²) in [5.74, 6) is -0.410. The number of nitrogens with zero attached hydrogens (tertiary/aromatic N) is 1. The van der Waals surface area contributed by atoms with Gasteiger partial charge in [0.1, 0.15) is 0 Å². The predicted molar refractivity (Wildman–Crippen MR) is 143 cm³/mol. The van der Waals surface area contributed by atoms with Crippen molar-refractivity contribution in [1.29, 1.82) is 0 Å². The van der Waals surface area contributed by atoms with Crippen molar-refractivity contribution in [2.75, 3.05) is 5.32 Å². The van der Waals surface area contributed by atoms with Crippen LogP contribution in [0.15, 0.2) is 47.6 Å². The molecule has 0 radical (unpaired) electrons. The van der Waals surface area contributed by atoms with Gasteiger partial charge in [-0.15, -0.1) is 0 Å². The second-order valence-electron chi connectivity index (χ2n) is 8.47. The Balaban J connectivity index is 1.77. The molecule has 2 aromatic rings. The highest BCUT2D eigenvalue weighted by Crippen LogP contribution is 2.22. The van der Waals surface area contributed by atoms with Crippen LogP contribution in [-0.4, -0.2) is 17.5 Å². The van der Waals surface area contributed by atoms with Gasteiger partial charge in [-0.2, -0.15) is 5.10 Å². The number of hydrazone groups is 1. The molecule has 0 aromatic heterocycles. The van der Waals surface area contributed by atoms with Gasteiger partial charge in [-0.25, -0.2) is 5.43 Å². The summed E-state index contributed by atoms with van der Waals surface area (Å²) in [6, 6.07) is 12.0. The fourth-order valence-electron chi connectivity index (χ4n) is 3.56. The third-order valence-corrected chi connectivity index (χ3v) is 6.12. The molecule has 0 aliphatic carbocycles. The lowest BCUT2D eigenvalue weighted by Crippen LogP contribution is -2.19. The van der Waals surface area contributed by atoms with Crippen molar-refractivity contribution >= 4 is 46.4 Å². The van der Waals surface area contributed by atoms with E-state index in [0.717, 1.165) is 18.4 Å². The summed E-state index contributed by atoms with van der Waals surface area (Å²) >= 11 is 12.0. The van der Waals surface area contributed by atoms with Crippen LogP contribution in [0.4, 0.5) is 5.69 Å². The van der Waals surface area contributed by atoms with Gasteiger partial charge in [-0.3, -0.25) is 9.59 Å². The molecule has 0 saturated heterocycles. The Hall–Kier alpha value is -2.37. The first kappa shape index (κ1) is 27.9. The maximum absolute atomic E-state index is 12.5. The van der Waals surface area contributed by atoms with E-state index in [4.69, 9.17) is 23.2 Å². The molecular formula is C27H35Cl2N3O2. The average molecular weight is 505 g/mol. The molecule has 184 valence electrons. The molecule has 0 bridgehead atoms. The molecule has 0 spiro atoms. The number of halogens is 2. The number of unbranched alkanes of at least 4 members (excludes halogenated alkanes) is 8. The van der Waals surface area contributed by atoms with Gasteiger partial charge >= 0.3 is 0 Å². The Kier molecular flexibility index (Phi) is 12.7. The first-order valence-electron chi connectivity index (χ1n) is 12.1. The maximum Gasteiger partial charge on any atom is 0.257 e. The number of rotatable bonds is 14. The SMILES string of the molecule is CCCCCCCCCCCC(=O)N/N=C(\C)c1cccc(NC(=O)c2ccc(Cl)cc2Cl)c1. The van der Waals surface area contributed by atoms with E-state index in [1.807, 2.05) is 19.1 Å². The van der Waals surface area contributed by atoms with E-state index in [-0.39, 0.29) is 16.8 Å². The summed E-state index contributed by atoms with van der Waals surface area (Å²) in [6.07, 6.45) is 11.4. The second-order valence-corrected chi connectivity index (χ2v) is 9.31. The average Bonchev–Trinajstić information content (AvgIpc) is 2.81. The second kappa shape index (κ2) is 15.5. The van der Waals surface area contributed by atoms with E-state index in [1.54, 1.807) is 24.3 Å². The highest BCUT2D eigenvalue weighted by Gasteiger charge is 2.11. The fourth-order valence-corrected chi connectivity index (χ4v) is 4.05. The van der Waals surface area contributed by atoms with Crippen molar-refractivity contribution in [1.82, 2.24) is 5.43 Å². The minimum atomic E-state index is -0.331. The van der Waals surface area contributed by atoms with Gasteiger partial charge in [0.05, 0.1) is 16.3 Å². The van der Waals surface area contributed by atoms with Crippen molar-refractivity contribution in [2.45, 2.75) is 78.1 Å². The van der Waals surface area contributed by atoms with Crippen LogP contribution >= 0.6 is 23.2 Å². The summed E-state index contributed by atoms with van der Waals surface area (Å²) in [4.78, 5) is 24.7. The zero-order valence-electron chi connectivity index (χ0n) is 20.1. The lowest BCUT2D eigenvalue weighted by atomic mass is 10.1. The standard InChI is InChI=1S/C27H35Cl2N3O2/c1-3-4-5-6-7-8-9-10-11-15-26(33)32-31-20(2)21-13-12-14-23(18-21)30-27(34)24-17-16-22(28)19-25(24)29/h12-14,16-19H,3-11,15H2,1-2H3,(H,30,34)(H,32,33)/b31-20+. The van der Waals surface area contributed by atoms with Gasteiger partial charge in [-0.05, 0) is 49.2 Å². The summed E-state index contributed by atoms with van der Waals surface area (Å²) in [7, 11) is 0. The van der Waals surface area contributed by atoms with Crippen molar-refractivity contribution < 1.29 is 9.59 Å². The molecule has 34 heavy (non-hydrogen) atoms. The molecule has 5 nitrogen and oxygen atoms in total. The summed E-state index contributed by atoms with van der Waals surface area (Å²) in [6.45, 7) is 4.05. The van der Waals surface area contributed by atoms with Gasteiger partial charge in [-0.1, -0.05) is 93.6 Å². The molecule has 0 unspecified atom stereocenters. The third kappa shape index (κ3) is 10.3. The molecule has 0 aliphatic rings. The topological polar surface area (TPSA) is 70.6 Å². The lowest BCUT2D eigenvalue weighted by molar-refractivity contribution is -0.121. The highest BCUT2D eigenvalue weighted by atomic mass is 35.5. The number of amides is 2. The monoisotopic (exact) mass is 503 g/mol. The summed E-state index contributed by atoms with van der Waals surface area (Å²) < 4.78 is 0. The summed E-state index contributed by atoms with van der Waals surface area (Å²) in [5, 5.41) is 7.80. The van der Waals surface area contributed by atoms with E-state index in [2.05, 4.69) is 22.8 Å². The molecular weight excluding hydrogens is 469 g/mol. The number of hydrogen-bond donors (Lipinski definition) is 2. The van der Waals surface area contributed by atoms with Crippen molar-refractivity contribution in [2.24, 2.45) is 5.10 Å². The van der Waals surface area contributed by atoms with Crippen LogP contribution in [-0.2, 0) is 4.79 Å². The van der Waals surface area contributed by atoms with Gasteiger partial charge in [0.2, 0.25) is 5.91 Å². The number of benzene rings is 2. The van der Waals surface area contributed by atoms with Crippen molar-refractivity contribution in [3.8, 4) is 0 Å². The van der Waals surface area contributed by atoms with Gasteiger partial charge in [0.25, 0.3) is 5.91 Å². The van der Waals surface area contributed by atoms with Crippen molar-refractivity contribution in [3.63, 3.8) is 0 Å². The highest BCUT2D eigenvalue weighted by molar-refractivity contribution is 6.37. The maximum atomic E-state index is 12.5. The molecule has 0 saturated carbocycles. The zero-order chi connectivity index (χ0) is 24.8. The fraction of sp³-hybridized carbons (Fsp3) is 0.444. The van der Waals surface area contributed by atoms with E-state index < -0.39 is 0 Å². The molecule has 7 heteroatoms. The molecule has 2 rings (SSSR count). The largest absolute Gasteiger partial charge is 0.322 e. The molecule has 0 atom stereocenters. The van der Waals surface area contributed by atoms with Crippen LogP contribution in [0.25, 0.3) is 0 Å². The van der Waals surface area contributed by atoms with Crippen molar-refractivity contribution in [3.05, 3.63) is 63.6 Å². The number of carbonyl (C=O) groups is 2. The van der Waals surface area contributed by atoms with Gasteiger partial charge in [0, 0.05) is 17.1 Å². The van der Waals surface area contributed by atoms with Gasteiger partial charge < -0.3 is 5.32 Å². The Morgan fingerprint density at radius 1 is 0.882 bits per heavy atom. The quantitative estimate of drug-likeness (QED) is 0.155. The molecule has 2 N–H and O–H groups in total. The van der Waals surface area contributed by atoms with Crippen LogP contribution in [0, 0.1) is 0 Å². The molecule has 0 fully saturated rings.